The minimum absolute atomic E-state index is 0.105. The van der Waals surface area contributed by atoms with Gasteiger partial charge in [0, 0.05) is 29.3 Å². The van der Waals surface area contributed by atoms with Crippen LogP contribution >= 0.6 is 23.1 Å². The largest absolute Gasteiger partial charge is 0.362 e. The smallest absolute Gasteiger partial charge is 0.154 e. The highest BCUT2D eigenvalue weighted by atomic mass is 32.2. The van der Waals surface area contributed by atoms with Crippen LogP contribution in [0.4, 0.5) is 0 Å². The van der Waals surface area contributed by atoms with E-state index >= 15 is 0 Å². The first-order valence-electron chi connectivity index (χ1n) is 5.86. The van der Waals surface area contributed by atoms with E-state index in [1.54, 1.807) is 29.3 Å². The number of rotatable bonds is 8. The minimum Gasteiger partial charge on any atom is -0.362 e. The highest BCUT2D eigenvalue weighted by Crippen LogP contribution is 2.13. The summed E-state index contributed by atoms with van der Waals surface area (Å²) in [4.78, 5) is 8.44. The average molecular weight is 331 g/mol. The summed E-state index contributed by atoms with van der Waals surface area (Å²) >= 11 is 3.34. The number of hydrogen-bond donors (Lipinski definition) is 1. The van der Waals surface area contributed by atoms with Gasteiger partial charge in [-0.25, -0.2) is 13.4 Å². The number of thioether (sulfide) groups is 1. The summed E-state index contributed by atoms with van der Waals surface area (Å²) in [5.74, 6) is 4.39. The SMILES string of the molecule is C#CCNC(CS(C)(=O)=O)=NCCSCc1nccs1. The second-order valence-electron chi connectivity index (χ2n) is 3.93. The summed E-state index contributed by atoms with van der Waals surface area (Å²) in [5, 5.41) is 5.88. The van der Waals surface area contributed by atoms with E-state index in [0.29, 0.717) is 12.4 Å². The third-order valence-electron chi connectivity index (χ3n) is 2.04. The highest BCUT2D eigenvalue weighted by Gasteiger charge is 2.07. The van der Waals surface area contributed by atoms with Crippen molar-refractivity contribution >= 4 is 38.8 Å². The Morgan fingerprint density at radius 3 is 3.05 bits per heavy atom. The lowest BCUT2D eigenvalue weighted by atomic mass is 10.5. The fourth-order valence-corrected chi connectivity index (χ4v) is 3.51. The Balaban J connectivity index is 2.35. The van der Waals surface area contributed by atoms with Gasteiger partial charge < -0.3 is 5.32 Å². The Labute approximate surface area is 128 Å². The molecule has 20 heavy (non-hydrogen) atoms. The molecule has 0 aliphatic heterocycles. The molecule has 0 radical (unpaired) electrons. The molecule has 0 aromatic carbocycles. The Hall–Kier alpha value is -1.04. The molecule has 0 spiro atoms. The minimum atomic E-state index is -3.11. The summed E-state index contributed by atoms with van der Waals surface area (Å²) < 4.78 is 22.5. The first kappa shape index (κ1) is 17.0. The quantitative estimate of drug-likeness (QED) is 0.334. The molecular formula is C12H17N3O2S3. The zero-order valence-electron chi connectivity index (χ0n) is 11.2. The maximum absolute atomic E-state index is 11.3. The summed E-state index contributed by atoms with van der Waals surface area (Å²) in [7, 11) is -3.11. The molecule has 1 heterocycles. The number of amidine groups is 1. The molecule has 1 N–H and O–H groups in total. The molecular weight excluding hydrogens is 314 g/mol. The highest BCUT2D eigenvalue weighted by molar-refractivity contribution is 7.98. The lowest BCUT2D eigenvalue weighted by Gasteiger charge is -2.06. The van der Waals surface area contributed by atoms with Crippen molar-refractivity contribution in [1.82, 2.24) is 10.3 Å². The predicted octanol–water partition coefficient (Wildman–Crippen LogP) is 1.04. The van der Waals surface area contributed by atoms with Gasteiger partial charge in [-0.3, -0.25) is 4.99 Å². The van der Waals surface area contributed by atoms with Crippen molar-refractivity contribution in [2.24, 2.45) is 4.99 Å². The molecule has 0 aliphatic carbocycles. The zero-order valence-corrected chi connectivity index (χ0v) is 13.7. The van der Waals surface area contributed by atoms with Gasteiger partial charge in [0.15, 0.2) is 9.84 Å². The van der Waals surface area contributed by atoms with Crippen LogP contribution in [0, 0.1) is 12.3 Å². The molecule has 0 aliphatic rings. The summed E-state index contributed by atoms with van der Waals surface area (Å²) in [5.41, 5.74) is 0. The van der Waals surface area contributed by atoms with Crippen molar-refractivity contribution in [1.29, 1.82) is 0 Å². The van der Waals surface area contributed by atoms with Gasteiger partial charge in [-0.05, 0) is 0 Å². The molecule has 0 fully saturated rings. The number of aliphatic imine (C=N–C) groups is 1. The summed E-state index contributed by atoms with van der Waals surface area (Å²) in [6.07, 6.45) is 8.11. The van der Waals surface area contributed by atoms with Gasteiger partial charge in [0.25, 0.3) is 0 Å². The first-order chi connectivity index (χ1) is 9.51. The molecule has 0 saturated heterocycles. The topological polar surface area (TPSA) is 71.4 Å². The molecule has 0 amide bonds. The lowest BCUT2D eigenvalue weighted by Crippen LogP contribution is -2.31. The van der Waals surface area contributed by atoms with E-state index < -0.39 is 9.84 Å². The van der Waals surface area contributed by atoms with Crippen LogP contribution in [0.3, 0.4) is 0 Å². The number of aromatic nitrogens is 1. The van der Waals surface area contributed by atoms with Crippen molar-refractivity contribution in [3.05, 3.63) is 16.6 Å². The molecule has 0 atom stereocenters. The third kappa shape index (κ3) is 8.19. The average Bonchev–Trinajstić information content (AvgIpc) is 2.86. The van der Waals surface area contributed by atoms with Gasteiger partial charge in [-0.15, -0.1) is 17.8 Å². The zero-order chi connectivity index (χ0) is 14.8. The van der Waals surface area contributed by atoms with E-state index in [4.69, 9.17) is 6.42 Å². The Morgan fingerprint density at radius 1 is 1.65 bits per heavy atom. The van der Waals surface area contributed by atoms with Crippen LogP contribution in [-0.2, 0) is 15.6 Å². The van der Waals surface area contributed by atoms with Crippen LogP contribution in [0.15, 0.2) is 16.6 Å². The van der Waals surface area contributed by atoms with Crippen molar-refractivity contribution in [2.45, 2.75) is 5.75 Å². The number of nitrogens with zero attached hydrogens (tertiary/aromatic N) is 2. The van der Waals surface area contributed by atoms with Crippen molar-refractivity contribution in [3.8, 4) is 12.3 Å². The van der Waals surface area contributed by atoms with E-state index in [0.717, 1.165) is 16.5 Å². The molecule has 0 saturated carbocycles. The number of nitrogens with one attached hydrogen (secondary N) is 1. The van der Waals surface area contributed by atoms with Crippen LogP contribution in [0.2, 0.25) is 0 Å². The van der Waals surface area contributed by atoms with Crippen molar-refractivity contribution < 1.29 is 8.42 Å². The van der Waals surface area contributed by atoms with Crippen LogP contribution in [0.5, 0.6) is 0 Å². The van der Waals surface area contributed by atoms with E-state index in [-0.39, 0.29) is 12.3 Å². The van der Waals surface area contributed by atoms with Crippen molar-refractivity contribution in [2.75, 3.05) is 30.9 Å². The second kappa shape index (κ2) is 9.00. The number of thiazole rings is 1. The fourth-order valence-electron chi connectivity index (χ4n) is 1.28. The molecule has 0 bridgehead atoms. The molecule has 8 heteroatoms. The Kier molecular flexibility index (Phi) is 7.65. The molecule has 5 nitrogen and oxygen atoms in total. The van der Waals surface area contributed by atoms with Gasteiger partial charge in [0.2, 0.25) is 0 Å². The van der Waals surface area contributed by atoms with E-state index in [2.05, 4.69) is 21.2 Å². The molecule has 1 aromatic heterocycles. The van der Waals surface area contributed by atoms with Crippen LogP contribution in [0.25, 0.3) is 0 Å². The molecule has 110 valence electrons. The first-order valence-corrected chi connectivity index (χ1v) is 9.95. The normalized spacial score (nSPS) is 12.1. The van der Waals surface area contributed by atoms with Gasteiger partial charge >= 0.3 is 0 Å². The monoisotopic (exact) mass is 331 g/mol. The number of hydrogen-bond acceptors (Lipinski definition) is 6. The summed E-state index contributed by atoms with van der Waals surface area (Å²) in [6, 6.07) is 0. The Morgan fingerprint density at radius 2 is 2.45 bits per heavy atom. The molecule has 1 aromatic rings. The maximum atomic E-state index is 11.3. The van der Waals surface area contributed by atoms with Gasteiger partial charge in [-0.2, -0.15) is 11.8 Å². The van der Waals surface area contributed by atoms with E-state index in [1.165, 1.54) is 6.26 Å². The fraction of sp³-hybridized carbons (Fsp3) is 0.500. The number of sulfone groups is 1. The molecule has 1 rings (SSSR count). The van der Waals surface area contributed by atoms with Crippen LogP contribution in [0.1, 0.15) is 5.01 Å². The third-order valence-corrected chi connectivity index (χ3v) is 4.75. The van der Waals surface area contributed by atoms with Gasteiger partial charge in [-0.1, -0.05) is 5.92 Å². The van der Waals surface area contributed by atoms with Crippen molar-refractivity contribution in [3.63, 3.8) is 0 Å². The lowest BCUT2D eigenvalue weighted by molar-refractivity contribution is 0.605. The number of terminal acetylenes is 1. The standard InChI is InChI=1S/C12H17N3O2S3/c1-3-4-13-11(10-20(2,16)17)14-5-7-18-9-12-15-6-8-19-12/h1,6,8H,4-5,7,9-10H2,2H3,(H,13,14). The summed E-state index contributed by atoms with van der Waals surface area (Å²) in [6.45, 7) is 0.832. The van der Waals surface area contributed by atoms with Crippen LogP contribution < -0.4 is 5.32 Å². The van der Waals surface area contributed by atoms with E-state index in [9.17, 15) is 8.42 Å². The van der Waals surface area contributed by atoms with Gasteiger partial charge in [0.05, 0.1) is 13.1 Å². The van der Waals surface area contributed by atoms with Gasteiger partial charge in [0.1, 0.15) is 16.6 Å². The van der Waals surface area contributed by atoms with E-state index in [1.807, 2.05) is 5.38 Å². The molecule has 0 unspecified atom stereocenters. The Bertz CT molecular complexity index is 559. The second-order valence-corrected chi connectivity index (χ2v) is 8.16. The maximum Gasteiger partial charge on any atom is 0.154 e. The predicted molar refractivity (Wildman–Crippen MR) is 87.1 cm³/mol. The van der Waals surface area contributed by atoms with Crippen LogP contribution in [-0.4, -0.2) is 50.1 Å².